The molecule has 0 amide bonds. The van der Waals surface area contributed by atoms with Crippen LogP contribution in [0.4, 0.5) is 11.5 Å². The van der Waals surface area contributed by atoms with Crippen LogP contribution in [0.2, 0.25) is 0 Å². The second-order valence-corrected chi connectivity index (χ2v) is 14.8. The molecule has 0 bridgehead atoms. The monoisotopic (exact) mass is 521 g/mol. The maximum absolute atomic E-state index is 11.9. The van der Waals surface area contributed by atoms with E-state index < -0.39 is 9.55 Å². The third kappa shape index (κ3) is 5.80. The van der Waals surface area contributed by atoms with Gasteiger partial charge in [0.2, 0.25) is 0 Å². The lowest BCUT2D eigenvalue weighted by molar-refractivity contribution is 0.318. The number of hydrogen-bond donors (Lipinski definition) is 2. The normalized spacial score (nSPS) is 12.1. The molecule has 2 aromatic carbocycles. The standard InChI is InChI=1S/C26H28N5O3PS/c1-18-14-19(4-7-24(18)34-21-8-10-31-11-9-27-25(31)16-21)30-26-22-15-20(5-6-23(22)28-17-29-26)33-12-3-13-36(2,32)35/h4-11,14-17,36H,3,12-13,35H2,1-2H3,(H,28,29,30). The molecule has 0 spiro atoms. The molecule has 0 aliphatic heterocycles. The number of fused-ring (bicyclic) bond motifs is 2. The number of hydrogen-bond acceptors (Lipinski definition) is 7. The molecule has 0 aliphatic carbocycles. The zero-order chi connectivity index (χ0) is 25.1. The molecule has 0 radical (unpaired) electrons. The second kappa shape index (κ2) is 10.2. The largest absolute Gasteiger partial charge is 0.494 e. The van der Waals surface area contributed by atoms with Crippen molar-refractivity contribution in [2.24, 2.45) is 0 Å². The van der Waals surface area contributed by atoms with Gasteiger partial charge < -0.3 is 19.2 Å². The molecule has 0 fully saturated rings. The Morgan fingerprint density at radius 3 is 2.75 bits per heavy atom. The molecule has 5 rings (SSSR count). The summed E-state index contributed by atoms with van der Waals surface area (Å²) in [5.74, 6) is 3.54. The summed E-state index contributed by atoms with van der Waals surface area (Å²) in [4.78, 5) is 13.1. The number of aryl methyl sites for hydroxylation is 1. The van der Waals surface area contributed by atoms with Crippen molar-refractivity contribution in [3.8, 4) is 17.2 Å². The smallest absolute Gasteiger partial charge is 0.141 e. The summed E-state index contributed by atoms with van der Waals surface area (Å²) < 4.78 is 25.8. The van der Waals surface area contributed by atoms with Gasteiger partial charge in [-0.1, -0.05) is 18.0 Å². The second-order valence-electron chi connectivity index (χ2n) is 8.76. The molecule has 1 atom stereocenters. The average Bonchev–Trinajstić information content (AvgIpc) is 3.31. The number of ether oxygens (including phenoxy) is 2. The zero-order valence-electron chi connectivity index (χ0n) is 20.1. The minimum Gasteiger partial charge on any atom is -0.494 e. The molecule has 3 aromatic heterocycles. The lowest BCUT2D eigenvalue weighted by Crippen LogP contribution is -2.09. The molecule has 186 valence electrons. The van der Waals surface area contributed by atoms with Crippen molar-refractivity contribution in [3.63, 3.8) is 0 Å². The Morgan fingerprint density at radius 2 is 1.92 bits per heavy atom. The van der Waals surface area contributed by atoms with Crippen LogP contribution in [0, 0.1) is 6.92 Å². The van der Waals surface area contributed by atoms with Crippen LogP contribution in [0.5, 0.6) is 17.2 Å². The van der Waals surface area contributed by atoms with Gasteiger partial charge in [-0.2, -0.15) is 0 Å². The van der Waals surface area contributed by atoms with Gasteiger partial charge in [0.05, 0.1) is 12.1 Å². The van der Waals surface area contributed by atoms with Gasteiger partial charge in [0, 0.05) is 41.5 Å². The quantitative estimate of drug-likeness (QED) is 0.154. The fraction of sp³-hybridized carbons (Fsp3) is 0.192. The maximum atomic E-state index is 11.9. The molecule has 3 heterocycles. The molecule has 0 saturated carbocycles. The van der Waals surface area contributed by atoms with Gasteiger partial charge in [-0.15, -0.1) is 0 Å². The topological polar surface area (TPSA) is 90.6 Å². The summed E-state index contributed by atoms with van der Waals surface area (Å²) >= 11 is 0. The summed E-state index contributed by atoms with van der Waals surface area (Å²) in [5.41, 5.74) is 3.51. The number of anilines is 2. The molecule has 1 unspecified atom stereocenters. The highest BCUT2D eigenvalue weighted by molar-refractivity contribution is 8.44. The predicted molar refractivity (Wildman–Crippen MR) is 149 cm³/mol. The Kier molecular flexibility index (Phi) is 6.85. The molecular formula is C26H28N5O3PS. The Balaban J connectivity index is 1.31. The van der Waals surface area contributed by atoms with E-state index in [1.165, 1.54) is 0 Å². The van der Waals surface area contributed by atoms with Gasteiger partial charge >= 0.3 is 0 Å². The Morgan fingerprint density at radius 1 is 1.03 bits per heavy atom. The van der Waals surface area contributed by atoms with Crippen molar-refractivity contribution in [2.75, 3.05) is 23.9 Å². The van der Waals surface area contributed by atoms with Gasteiger partial charge in [0.1, 0.15) is 35.0 Å². The molecule has 0 aliphatic rings. The van der Waals surface area contributed by atoms with E-state index in [1.54, 1.807) is 18.8 Å². The number of pyridine rings is 1. The maximum Gasteiger partial charge on any atom is 0.141 e. The minimum atomic E-state index is -2.11. The van der Waals surface area contributed by atoms with Gasteiger partial charge in [0.15, 0.2) is 0 Å². The van der Waals surface area contributed by atoms with Gasteiger partial charge in [-0.25, -0.2) is 15.0 Å². The summed E-state index contributed by atoms with van der Waals surface area (Å²) in [6.45, 7) is 2.50. The highest BCUT2D eigenvalue weighted by Gasteiger charge is 2.09. The van der Waals surface area contributed by atoms with Crippen LogP contribution in [-0.2, 0) is 9.55 Å². The molecule has 10 heteroatoms. The van der Waals surface area contributed by atoms with Crippen LogP contribution in [0.3, 0.4) is 0 Å². The number of imidazole rings is 1. The van der Waals surface area contributed by atoms with Crippen LogP contribution >= 0.6 is 8.44 Å². The Bertz CT molecular complexity index is 1580. The third-order valence-corrected chi connectivity index (χ3v) is 7.64. The molecule has 36 heavy (non-hydrogen) atoms. The molecule has 5 aromatic rings. The SMILES string of the molecule is Cc1cc(Nc2ncnc3ccc(OCCC[SH](C)(=O)P)cc23)ccc1Oc1ccn2ccnc2c1. The number of rotatable bonds is 9. The fourth-order valence-corrected chi connectivity index (χ4v) is 5.16. The fourth-order valence-electron chi connectivity index (χ4n) is 3.85. The lowest BCUT2D eigenvalue weighted by atomic mass is 10.2. The summed E-state index contributed by atoms with van der Waals surface area (Å²) in [6.07, 6.45) is 9.61. The first-order valence-corrected chi connectivity index (χ1v) is 15.5. The highest BCUT2D eigenvalue weighted by Crippen LogP contribution is 2.31. The van der Waals surface area contributed by atoms with Crippen LogP contribution in [0.25, 0.3) is 16.6 Å². The van der Waals surface area contributed by atoms with Crippen LogP contribution < -0.4 is 14.8 Å². The van der Waals surface area contributed by atoms with Gasteiger partial charge in [-0.05, 0) is 67.6 Å². The van der Waals surface area contributed by atoms with Crippen molar-refractivity contribution in [1.82, 2.24) is 19.4 Å². The number of thiol groups is 1. The number of nitrogens with one attached hydrogen (secondary N) is 1. The van der Waals surface area contributed by atoms with Crippen LogP contribution in [0.1, 0.15) is 12.0 Å². The van der Waals surface area contributed by atoms with Crippen LogP contribution in [0.15, 0.2) is 73.4 Å². The van der Waals surface area contributed by atoms with Gasteiger partial charge in [0.25, 0.3) is 0 Å². The predicted octanol–water partition coefficient (Wildman–Crippen LogP) is 5.33. The van der Waals surface area contributed by atoms with E-state index in [1.807, 2.05) is 72.2 Å². The van der Waals surface area contributed by atoms with Crippen molar-refractivity contribution >= 4 is 46.0 Å². The summed E-state index contributed by atoms with van der Waals surface area (Å²) in [5, 5.41) is 4.25. The molecule has 1 N–H and O–H groups in total. The third-order valence-electron chi connectivity index (χ3n) is 5.66. The first kappa shape index (κ1) is 24.2. The van der Waals surface area contributed by atoms with E-state index in [9.17, 15) is 4.21 Å². The molecule has 0 saturated heterocycles. The molecular weight excluding hydrogens is 493 g/mol. The molecule has 8 nitrogen and oxygen atoms in total. The minimum absolute atomic E-state index is 0.502. The summed E-state index contributed by atoms with van der Waals surface area (Å²) in [7, 11) is 0.326. The van der Waals surface area contributed by atoms with Crippen molar-refractivity contribution in [1.29, 1.82) is 0 Å². The van der Waals surface area contributed by atoms with Gasteiger partial charge in [-0.3, -0.25) is 4.21 Å². The Labute approximate surface area is 212 Å². The number of benzene rings is 2. The summed E-state index contributed by atoms with van der Waals surface area (Å²) in [6, 6.07) is 15.5. The van der Waals surface area contributed by atoms with Crippen molar-refractivity contribution in [2.45, 2.75) is 13.3 Å². The zero-order valence-corrected chi connectivity index (χ0v) is 22.1. The van der Waals surface area contributed by atoms with Crippen molar-refractivity contribution < 1.29 is 13.7 Å². The van der Waals surface area contributed by atoms with Crippen LogP contribution in [-0.4, -0.2) is 42.2 Å². The number of aromatic nitrogens is 4. The van der Waals surface area contributed by atoms with E-state index in [-0.39, 0.29) is 0 Å². The highest BCUT2D eigenvalue weighted by atomic mass is 32.8. The van der Waals surface area contributed by atoms with E-state index in [0.717, 1.165) is 51.5 Å². The first-order chi connectivity index (χ1) is 17.3. The van der Waals surface area contributed by atoms with E-state index in [2.05, 4.69) is 28.7 Å². The van der Waals surface area contributed by atoms with E-state index in [4.69, 9.17) is 9.47 Å². The van der Waals surface area contributed by atoms with E-state index >= 15 is 0 Å². The van der Waals surface area contributed by atoms with E-state index in [0.29, 0.717) is 18.2 Å². The average molecular weight is 522 g/mol. The first-order valence-electron chi connectivity index (χ1n) is 11.5. The Hall–Kier alpha value is -3.55. The van der Waals surface area contributed by atoms with Crippen molar-refractivity contribution in [3.05, 3.63) is 79.0 Å². The number of nitrogens with zero attached hydrogens (tertiary/aromatic N) is 4. The lowest BCUT2D eigenvalue weighted by Gasteiger charge is -2.14.